The first-order valence-corrected chi connectivity index (χ1v) is 8.15. The van der Waals surface area contributed by atoms with E-state index in [1.807, 2.05) is 29.2 Å². The number of benzene rings is 1. The van der Waals surface area contributed by atoms with Gasteiger partial charge in [-0.1, -0.05) is 6.92 Å². The van der Waals surface area contributed by atoms with Crippen molar-refractivity contribution in [3.05, 3.63) is 29.8 Å². The van der Waals surface area contributed by atoms with E-state index in [1.54, 1.807) is 0 Å². The average Bonchev–Trinajstić information content (AvgIpc) is 3.38. The van der Waals surface area contributed by atoms with E-state index in [9.17, 15) is 4.79 Å². The Morgan fingerprint density at radius 1 is 1.14 bits per heavy atom. The molecule has 0 radical (unpaired) electrons. The molecule has 1 aliphatic carbocycles. The molecule has 4 heteroatoms. The van der Waals surface area contributed by atoms with Gasteiger partial charge in [0.15, 0.2) is 0 Å². The second-order valence-electron chi connectivity index (χ2n) is 6.06. The molecule has 1 aliphatic heterocycles. The number of nitrogens with zero attached hydrogens (tertiary/aromatic N) is 2. The highest BCUT2D eigenvalue weighted by atomic mass is 16.2. The second-order valence-corrected chi connectivity index (χ2v) is 6.06. The fraction of sp³-hybridized carbons (Fsp3) is 0.588. The summed E-state index contributed by atoms with van der Waals surface area (Å²) in [6.07, 6.45) is 3.80. The van der Waals surface area contributed by atoms with Gasteiger partial charge in [0.25, 0.3) is 5.91 Å². The first-order chi connectivity index (χ1) is 10.3. The van der Waals surface area contributed by atoms with Gasteiger partial charge >= 0.3 is 0 Å². The molecule has 2 fully saturated rings. The maximum Gasteiger partial charge on any atom is 0.253 e. The quantitative estimate of drug-likeness (QED) is 0.903. The standard InChI is InChI=1S/C17H25N3O/c1-2-9-18-15-5-3-14(4-6-15)17(21)20-12-10-19(11-13-20)16-7-8-16/h3-6,16,18H,2,7-13H2,1H3. The second kappa shape index (κ2) is 6.48. The van der Waals surface area contributed by atoms with Gasteiger partial charge in [-0.2, -0.15) is 0 Å². The van der Waals surface area contributed by atoms with Gasteiger partial charge in [0, 0.05) is 50.0 Å². The minimum atomic E-state index is 0.174. The van der Waals surface area contributed by atoms with E-state index in [4.69, 9.17) is 0 Å². The van der Waals surface area contributed by atoms with E-state index in [1.165, 1.54) is 12.8 Å². The lowest BCUT2D eigenvalue weighted by Crippen LogP contribution is -2.49. The SMILES string of the molecule is CCCNc1ccc(C(=O)N2CCN(C3CC3)CC2)cc1. The summed E-state index contributed by atoms with van der Waals surface area (Å²) in [7, 11) is 0. The lowest BCUT2D eigenvalue weighted by atomic mass is 10.1. The molecule has 1 saturated heterocycles. The summed E-state index contributed by atoms with van der Waals surface area (Å²) in [5.41, 5.74) is 1.89. The predicted octanol–water partition coefficient (Wildman–Crippen LogP) is 2.43. The molecule has 1 aromatic carbocycles. The highest BCUT2D eigenvalue weighted by Gasteiger charge is 2.32. The molecular weight excluding hydrogens is 262 g/mol. The summed E-state index contributed by atoms with van der Waals surface area (Å²) in [5.74, 6) is 0.174. The molecule has 2 aliphatic rings. The number of hydrogen-bond acceptors (Lipinski definition) is 3. The van der Waals surface area contributed by atoms with Crippen molar-refractivity contribution in [3.63, 3.8) is 0 Å². The zero-order chi connectivity index (χ0) is 14.7. The van der Waals surface area contributed by atoms with Gasteiger partial charge in [-0.15, -0.1) is 0 Å². The molecule has 0 unspecified atom stereocenters. The Labute approximate surface area is 127 Å². The lowest BCUT2D eigenvalue weighted by Gasteiger charge is -2.34. The van der Waals surface area contributed by atoms with Crippen LogP contribution in [0.4, 0.5) is 5.69 Å². The molecule has 4 nitrogen and oxygen atoms in total. The summed E-state index contributed by atoms with van der Waals surface area (Å²) < 4.78 is 0. The van der Waals surface area contributed by atoms with Crippen LogP contribution in [-0.2, 0) is 0 Å². The largest absolute Gasteiger partial charge is 0.385 e. The average molecular weight is 287 g/mol. The molecule has 0 bridgehead atoms. The number of hydrogen-bond donors (Lipinski definition) is 1. The van der Waals surface area contributed by atoms with Gasteiger partial charge in [-0.3, -0.25) is 9.69 Å². The van der Waals surface area contributed by atoms with E-state index in [0.717, 1.165) is 56.4 Å². The van der Waals surface area contributed by atoms with Crippen LogP contribution in [0.25, 0.3) is 0 Å². The van der Waals surface area contributed by atoms with Gasteiger partial charge in [0.1, 0.15) is 0 Å². The number of carbonyl (C=O) groups is 1. The minimum Gasteiger partial charge on any atom is -0.385 e. The monoisotopic (exact) mass is 287 g/mol. The highest BCUT2D eigenvalue weighted by molar-refractivity contribution is 5.94. The molecule has 3 rings (SSSR count). The maximum absolute atomic E-state index is 12.5. The maximum atomic E-state index is 12.5. The Kier molecular flexibility index (Phi) is 4.44. The molecule has 0 spiro atoms. The van der Waals surface area contributed by atoms with Crippen molar-refractivity contribution in [3.8, 4) is 0 Å². The smallest absolute Gasteiger partial charge is 0.253 e. The third-order valence-corrected chi connectivity index (χ3v) is 4.38. The van der Waals surface area contributed by atoms with Gasteiger partial charge in [-0.05, 0) is 43.5 Å². The van der Waals surface area contributed by atoms with Crippen molar-refractivity contribution >= 4 is 11.6 Å². The third kappa shape index (κ3) is 3.56. The van der Waals surface area contributed by atoms with Crippen LogP contribution >= 0.6 is 0 Å². The molecule has 1 N–H and O–H groups in total. The topological polar surface area (TPSA) is 35.6 Å². The van der Waals surface area contributed by atoms with E-state index in [-0.39, 0.29) is 5.91 Å². The Morgan fingerprint density at radius 3 is 2.38 bits per heavy atom. The van der Waals surface area contributed by atoms with Crippen LogP contribution in [0.3, 0.4) is 0 Å². The van der Waals surface area contributed by atoms with Crippen LogP contribution in [0.1, 0.15) is 36.5 Å². The van der Waals surface area contributed by atoms with Crippen molar-refractivity contribution in [1.82, 2.24) is 9.80 Å². The van der Waals surface area contributed by atoms with Gasteiger partial charge in [-0.25, -0.2) is 0 Å². The molecule has 1 aromatic rings. The van der Waals surface area contributed by atoms with Crippen molar-refractivity contribution in [1.29, 1.82) is 0 Å². The third-order valence-electron chi connectivity index (χ3n) is 4.38. The number of nitrogens with one attached hydrogen (secondary N) is 1. The Morgan fingerprint density at radius 2 is 1.81 bits per heavy atom. The molecule has 114 valence electrons. The normalized spacial score (nSPS) is 19.6. The molecular formula is C17H25N3O. The minimum absolute atomic E-state index is 0.174. The van der Waals surface area contributed by atoms with Gasteiger partial charge in [0.05, 0.1) is 0 Å². The fourth-order valence-electron chi connectivity index (χ4n) is 2.91. The number of carbonyl (C=O) groups excluding carboxylic acids is 1. The molecule has 1 saturated carbocycles. The van der Waals surface area contributed by atoms with Crippen LogP contribution in [0.2, 0.25) is 0 Å². The molecule has 0 aromatic heterocycles. The van der Waals surface area contributed by atoms with Crippen molar-refractivity contribution in [2.24, 2.45) is 0 Å². The van der Waals surface area contributed by atoms with Gasteiger partial charge < -0.3 is 10.2 Å². The Hall–Kier alpha value is -1.55. The number of amides is 1. The first-order valence-electron chi connectivity index (χ1n) is 8.15. The Bertz CT molecular complexity index is 473. The zero-order valence-electron chi connectivity index (χ0n) is 12.8. The first kappa shape index (κ1) is 14.4. The summed E-state index contributed by atoms with van der Waals surface area (Å²) in [6, 6.07) is 8.69. The van der Waals surface area contributed by atoms with E-state index >= 15 is 0 Å². The number of anilines is 1. The molecule has 1 amide bonds. The van der Waals surface area contributed by atoms with Crippen LogP contribution in [0, 0.1) is 0 Å². The van der Waals surface area contributed by atoms with E-state index < -0.39 is 0 Å². The van der Waals surface area contributed by atoms with Crippen molar-refractivity contribution in [2.75, 3.05) is 38.0 Å². The number of piperazine rings is 1. The predicted molar refractivity (Wildman–Crippen MR) is 85.7 cm³/mol. The van der Waals surface area contributed by atoms with Crippen LogP contribution in [0.15, 0.2) is 24.3 Å². The summed E-state index contributed by atoms with van der Waals surface area (Å²) in [6.45, 7) is 6.91. The summed E-state index contributed by atoms with van der Waals surface area (Å²) in [5, 5.41) is 3.33. The zero-order valence-corrected chi connectivity index (χ0v) is 12.8. The fourth-order valence-corrected chi connectivity index (χ4v) is 2.91. The van der Waals surface area contributed by atoms with Crippen LogP contribution in [-0.4, -0.2) is 54.5 Å². The van der Waals surface area contributed by atoms with Crippen LogP contribution in [0.5, 0.6) is 0 Å². The van der Waals surface area contributed by atoms with Crippen molar-refractivity contribution in [2.45, 2.75) is 32.2 Å². The Balaban J connectivity index is 1.54. The van der Waals surface area contributed by atoms with E-state index in [2.05, 4.69) is 17.1 Å². The lowest BCUT2D eigenvalue weighted by molar-refractivity contribution is 0.0627. The van der Waals surface area contributed by atoms with Gasteiger partial charge in [0.2, 0.25) is 0 Å². The van der Waals surface area contributed by atoms with Crippen molar-refractivity contribution < 1.29 is 4.79 Å². The summed E-state index contributed by atoms with van der Waals surface area (Å²) >= 11 is 0. The molecule has 21 heavy (non-hydrogen) atoms. The van der Waals surface area contributed by atoms with E-state index in [0.29, 0.717) is 0 Å². The highest BCUT2D eigenvalue weighted by Crippen LogP contribution is 2.27. The van der Waals surface area contributed by atoms with Crippen LogP contribution < -0.4 is 5.32 Å². The number of rotatable bonds is 5. The molecule has 1 heterocycles. The summed E-state index contributed by atoms with van der Waals surface area (Å²) in [4.78, 5) is 17.0. The molecule has 0 atom stereocenters.